The van der Waals surface area contributed by atoms with E-state index in [-0.39, 0.29) is 5.56 Å². The molecular formula is C16H13F3N2O3. The number of carbonyl (C=O) groups is 1. The van der Waals surface area contributed by atoms with Gasteiger partial charge in [0.05, 0.1) is 17.6 Å². The average molecular weight is 338 g/mol. The summed E-state index contributed by atoms with van der Waals surface area (Å²) < 4.78 is 43.9. The SMILES string of the molecule is O=C(O)[C@@H]1CCO[C@H]1c1cncc(-c2cncc(C(F)(F)F)c2)c1. The highest BCUT2D eigenvalue weighted by Crippen LogP contribution is 2.36. The molecule has 1 saturated heterocycles. The number of hydrogen-bond acceptors (Lipinski definition) is 4. The number of pyridine rings is 2. The van der Waals surface area contributed by atoms with E-state index in [1.54, 1.807) is 6.07 Å². The number of ether oxygens (including phenoxy) is 1. The molecule has 1 aliphatic heterocycles. The minimum atomic E-state index is -4.49. The predicted octanol–water partition coefficient (Wildman–Crippen LogP) is 3.32. The lowest BCUT2D eigenvalue weighted by Crippen LogP contribution is -2.17. The quantitative estimate of drug-likeness (QED) is 0.929. The topological polar surface area (TPSA) is 72.3 Å². The monoisotopic (exact) mass is 338 g/mol. The van der Waals surface area contributed by atoms with E-state index in [2.05, 4.69) is 9.97 Å². The molecule has 0 amide bonds. The molecule has 0 spiro atoms. The number of nitrogens with zero attached hydrogens (tertiary/aromatic N) is 2. The first kappa shape index (κ1) is 16.4. The zero-order valence-electron chi connectivity index (χ0n) is 12.3. The maximum Gasteiger partial charge on any atom is 0.417 e. The maximum absolute atomic E-state index is 12.8. The highest BCUT2D eigenvalue weighted by Gasteiger charge is 2.35. The third kappa shape index (κ3) is 3.23. The molecule has 0 saturated carbocycles. The lowest BCUT2D eigenvalue weighted by Gasteiger charge is -2.16. The number of alkyl halides is 3. The van der Waals surface area contributed by atoms with Crippen molar-refractivity contribution in [2.24, 2.45) is 5.92 Å². The van der Waals surface area contributed by atoms with Crippen molar-refractivity contribution in [3.63, 3.8) is 0 Å². The van der Waals surface area contributed by atoms with Crippen LogP contribution in [0.15, 0.2) is 36.9 Å². The summed E-state index contributed by atoms with van der Waals surface area (Å²) in [6.07, 6.45) is 0.171. The first-order valence-electron chi connectivity index (χ1n) is 7.18. The van der Waals surface area contributed by atoms with Crippen molar-refractivity contribution < 1.29 is 27.8 Å². The Balaban J connectivity index is 1.95. The molecule has 0 aliphatic carbocycles. The summed E-state index contributed by atoms with van der Waals surface area (Å²) >= 11 is 0. The van der Waals surface area contributed by atoms with E-state index < -0.39 is 29.7 Å². The second-order valence-corrected chi connectivity index (χ2v) is 5.49. The van der Waals surface area contributed by atoms with E-state index in [1.807, 2.05) is 0 Å². The predicted molar refractivity (Wildman–Crippen MR) is 76.9 cm³/mol. The van der Waals surface area contributed by atoms with Crippen LogP contribution >= 0.6 is 0 Å². The molecule has 0 bridgehead atoms. The molecule has 2 aromatic rings. The number of hydrogen-bond donors (Lipinski definition) is 1. The van der Waals surface area contributed by atoms with Gasteiger partial charge in [0.1, 0.15) is 0 Å². The van der Waals surface area contributed by atoms with Crippen LogP contribution in [0.3, 0.4) is 0 Å². The fraction of sp³-hybridized carbons (Fsp3) is 0.312. The van der Waals surface area contributed by atoms with Gasteiger partial charge < -0.3 is 9.84 Å². The number of rotatable bonds is 3. The van der Waals surface area contributed by atoms with Gasteiger partial charge in [-0.2, -0.15) is 13.2 Å². The fourth-order valence-corrected chi connectivity index (χ4v) is 2.70. The summed E-state index contributed by atoms with van der Waals surface area (Å²) in [5.74, 6) is -1.66. The van der Waals surface area contributed by atoms with E-state index >= 15 is 0 Å². The molecule has 126 valence electrons. The Labute approximate surface area is 135 Å². The molecule has 8 heteroatoms. The number of carboxylic acids is 1. The molecule has 2 atom stereocenters. The Kier molecular flexibility index (Phi) is 4.23. The van der Waals surface area contributed by atoms with Gasteiger partial charge in [-0.25, -0.2) is 0 Å². The molecule has 1 fully saturated rings. The first-order valence-corrected chi connectivity index (χ1v) is 7.18. The van der Waals surface area contributed by atoms with E-state index in [1.165, 1.54) is 18.6 Å². The van der Waals surface area contributed by atoms with Crippen molar-refractivity contribution in [2.45, 2.75) is 18.7 Å². The Morgan fingerprint density at radius 2 is 1.79 bits per heavy atom. The second kappa shape index (κ2) is 6.20. The van der Waals surface area contributed by atoms with Crippen LogP contribution in [0, 0.1) is 5.92 Å². The van der Waals surface area contributed by atoms with Gasteiger partial charge in [0, 0.05) is 48.1 Å². The van der Waals surface area contributed by atoms with Crippen molar-refractivity contribution in [3.8, 4) is 11.1 Å². The lowest BCUT2D eigenvalue weighted by molar-refractivity contribution is -0.143. The van der Waals surface area contributed by atoms with Crippen LogP contribution < -0.4 is 0 Å². The zero-order valence-corrected chi connectivity index (χ0v) is 12.3. The Bertz CT molecular complexity index is 764. The summed E-state index contributed by atoms with van der Waals surface area (Å²) in [4.78, 5) is 18.9. The van der Waals surface area contributed by atoms with Gasteiger partial charge in [0.2, 0.25) is 0 Å². The molecule has 2 aromatic heterocycles. The van der Waals surface area contributed by atoms with Crippen molar-refractivity contribution >= 4 is 5.97 Å². The number of aromatic nitrogens is 2. The lowest BCUT2D eigenvalue weighted by atomic mass is 9.95. The highest BCUT2D eigenvalue weighted by molar-refractivity contribution is 5.72. The van der Waals surface area contributed by atoms with Crippen molar-refractivity contribution in [3.05, 3.63) is 48.0 Å². The summed E-state index contributed by atoms with van der Waals surface area (Å²) in [6, 6.07) is 2.58. The molecule has 0 radical (unpaired) electrons. The molecule has 3 rings (SSSR count). The summed E-state index contributed by atoms with van der Waals surface area (Å²) in [5.41, 5.74) is 0.343. The Morgan fingerprint density at radius 1 is 1.12 bits per heavy atom. The number of aliphatic carboxylic acids is 1. The standard InChI is InChI=1S/C16H13F3N2O3/c17-16(18,19)12-4-10(6-21-8-12)9-3-11(7-20-5-9)14-13(15(22)23)1-2-24-14/h3-8,13-14H,1-2H2,(H,22,23)/t13-,14+/m1/s1. The van der Waals surface area contributed by atoms with Gasteiger partial charge in [-0.1, -0.05) is 0 Å². The minimum Gasteiger partial charge on any atom is -0.481 e. The largest absolute Gasteiger partial charge is 0.481 e. The minimum absolute atomic E-state index is 0.254. The van der Waals surface area contributed by atoms with Crippen molar-refractivity contribution in [1.29, 1.82) is 0 Å². The van der Waals surface area contributed by atoms with Crippen LogP contribution in [0.1, 0.15) is 23.7 Å². The first-order chi connectivity index (χ1) is 11.4. The van der Waals surface area contributed by atoms with Crippen LogP contribution in [-0.4, -0.2) is 27.7 Å². The van der Waals surface area contributed by atoms with E-state index in [9.17, 15) is 23.1 Å². The molecular weight excluding hydrogens is 325 g/mol. The third-order valence-corrected chi connectivity index (χ3v) is 3.90. The van der Waals surface area contributed by atoms with Crippen LogP contribution in [-0.2, 0) is 15.7 Å². The van der Waals surface area contributed by atoms with Crippen LogP contribution in [0.2, 0.25) is 0 Å². The van der Waals surface area contributed by atoms with E-state index in [4.69, 9.17) is 4.74 Å². The van der Waals surface area contributed by atoms with Gasteiger partial charge in [-0.15, -0.1) is 0 Å². The van der Waals surface area contributed by atoms with E-state index in [0.29, 0.717) is 24.2 Å². The van der Waals surface area contributed by atoms with Gasteiger partial charge in [-0.3, -0.25) is 14.8 Å². The van der Waals surface area contributed by atoms with Crippen LogP contribution in [0.25, 0.3) is 11.1 Å². The molecule has 5 nitrogen and oxygen atoms in total. The Hall–Kier alpha value is -2.48. The molecule has 0 unspecified atom stereocenters. The third-order valence-electron chi connectivity index (χ3n) is 3.90. The normalized spacial score (nSPS) is 21.0. The Morgan fingerprint density at radius 3 is 2.46 bits per heavy atom. The average Bonchev–Trinajstić information content (AvgIpc) is 3.04. The number of halogens is 3. The number of carboxylic acid groups (broad SMARTS) is 1. The fourth-order valence-electron chi connectivity index (χ4n) is 2.70. The van der Waals surface area contributed by atoms with Crippen molar-refractivity contribution in [1.82, 2.24) is 9.97 Å². The van der Waals surface area contributed by atoms with Gasteiger partial charge in [0.25, 0.3) is 0 Å². The molecule has 24 heavy (non-hydrogen) atoms. The maximum atomic E-state index is 12.8. The van der Waals surface area contributed by atoms with Gasteiger partial charge >= 0.3 is 12.1 Å². The van der Waals surface area contributed by atoms with Gasteiger partial charge in [-0.05, 0) is 18.6 Å². The second-order valence-electron chi connectivity index (χ2n) is 5.49. The highest BCUT2D eigenvalue weighted by atomic mass is 19.4. The molecule has 1 aliphatic rings. The summed E-state index contributed by atoms with van der Waals surface area (Å²) in [6.45, 7) is 0.316. The van der Waals surface area contributed by atoms with Crippen LogP contribution in [0.5, 0.6) is 0 Å². The molecule has 3 heterocycles. The van der Waals surface area contributed by atoms with Crippen LogP contribution in [0.4, 0.5) is 13.2 Å². The molecule has 1 N–H and O–H groups in total. The van der Waals surface area contributed by atoms with E-state index in [0.717, 1.165) is 12.3 Å². The van der Waals surface area contributed by atoms with Gasteiger partial charge in [0.15, 0.2) is 0 Å². The summed E-state index contributed by atoms with van der Waals surface area (Å²) in [5, 5.41) is 9.22. The smallest absolute Gasteiger partial charge is 0.417 e. The molecule has 0 aromatic carbocycles. The zero-order chi connectivity index (χ0) is 17.3. The summed E-state index contributed by atoms with van der Waals surface area (Å²) in [7, 11) is 0. The van der Waals surface area contributed by atoms with Crippen molar-refractivity contribution in [2.75, 3.05) is 6.61 Å².